The van der Waals surface area contributed by atoms with Gasteiger partial charge in [0.2, 0.25) is 0 Å². The van der Waals surface area contributed by atoms with E-state index in [4.69, 9.17) is 4.74 Å². The van der Waals surface area contributed by atoms with Crippen LogP contribution in [0.25, 0.3) is 0 Å². The zero-order valence-electron chi connectivity index (χ0n) is 13.7. The average Bonchev–Trinajstić information content (AvgIpc) is 2.24. The SMILES string of the molecule is C=C(C)C/C(=C\B1CC2(C)C=CCC(C)(C1)C2)OCC. The highest BCUT2D eigenvalue weighted by atomic mass is 16.5. The van der Waals surface area contributed by atoms with E-state index in [1.165, 1.54) is 31.1 Å². The number of hydrogen-bond acceptors (Lipinski definition) is 1. The Morgan fingerprint density at radius 2 is 2.15 bits per heavy atom. The minimum atomic E-state index is 0.382. The van der Waals surface area contributed by atoms with Crippen molar-refractivity contribution in [1.82, 2.24) is 0 Å². The monoisotopic (exact) mass is 272 g/mol. The van der Waals surface area contributed by atoms with Crippen molar-refractivity contribution < 1.29 is 4.74 Å². The van der Waals surface area contributed by atoms with Crippen molar-refractivity contribution in [3.8, 4) is 0 Å². The number of ether oxygens (including phenoxy) is 1. The molecule has 0 N–H and O–H groups in total. The third-order valence-electron chi connectivity index (χ3n) is 4.67. The van der Waals surface area contributed by atoms with Crippen LogP contribution in [-0.4, -0.2) is 13.3 Å². The summed E-state index contributed by atoms with van der Waals surface area (Å²) in [7, 11) is 0. The van der Waals surface area contributed by atoms with E-state index in [-0.39, 0.29) is 0 Å². The number of rotatable bonds is 5. The molecular formula is C18H29BO. The molecule has 110 valence electrons. The van der Waals surface area contributed by atoms with Crippen LogP contribution in [0.4, 0.5) is 0 Å². The highest BCUT2D eigenvalue weighted by molar-refractivity contribution is 6.65. The molecule has 2 heteroatoms. The van der Waals surface area contributed by atoms with Crippen molar-refractivity contribution in [3.05, 3.63) is 36.0 Å². The summed E-state index contributed by atoms with van der Waals surface area (Å²) in [6.45, 7) is 14.4. The van der Waals surface area contributed by atoms with Crippen LogP contribution in [0.15, 0.2) is 36.0 Å². The lowest BCUT2D eigenvalue weighted by Crippen LogP contribution is -2.41. The molecule has 1 heterocycles. The highest BCUT2D eigenvalue weighted by Gasteiger charge is 2.44. The molecule has 2 atom stereocenters. The van der Waals surface area contributed by atoms with E-state index >= 15 is 0 Å². The molecule has 0 amide bonds. The first-order valence-electron chi connectivity index (χ1n) is 8.00. The number of fused-ring (bicyclic) bond motifs is 2. The standard InChI is InChI=1S/C18H29BO/c1-6-20-16(10-15(2)3)11-19-13-17(4)8-7-9-18(5,12-17)14-19/h7-8,11H,2,6,9-10,12-14H2,1,3-5H3/b16-11+. The van der Waals surface area contributed by atoms with E-state index in [0.29, 0.717) is 17.5 Å². The van der Waals surface area contributed by atoms with E-state index in [1.807, 2.05) is 0 Å². The largest absolute Gasteiger partial charge is 0.499 e. The first-order valence-corrected chi connectivity index (χ1v) is 8.00. The average molecular weight is 272 g/mol. The minimum absolute atomic E-state index is 0.382. The summed E-state index contributed by atoms with van der Waals surface area (Å²) in [5.41, 5.74) is 2.04. The summed E-state index contributed by atoms with van der Waals surface area (Å²) in [5.74, 6) is 3.52. The summed E-state index contributed by atoms with van der Waals surface area (Å²) in [5, 5.41) is 0. The Morgan fingerprint density at radius 1 is 1.40 bits per heavy atom. The van der Waals surface area contributed by atoms with Gasteiger partial charge in [-0.3, -0.25) is 0 Å². The van der Waals surface area contributed by atoms with Crippen LogP contribution >= 0.6 is 0 Å². The van der Waals surface area contributed by atoms with Crippen LogP contribution in [0.3, 0.4) is 0 Å². The van der Waals surface area contributed by atoms with Gasteiger partial charge in [0.1, 0.15) is 0 Å². The summed E-state index contributed by atoms with van der Waals surface area (Å²) in [6, 6.07) is 0. The molecule has 0 aromatic heterocycles. The summed E-state index contributed by atoms with van der Waals surface area (Å²) >= 11 is 0. The van der Waals surface area contributed by atoms with Gasteiger partial charge < -0.3 is 4.74 Å². The van der Waals surface area contributed by atoms with Gasteiger partial charge in [-0.15, -0.1) is 0 Å². The van der Waals surface area contributed by atoms with Crippen LogP contribution in [-0.2, 0) is 4.74 Å². The topological polar surface area (TPSA) is 9.23 Å². The predicted molar refractivity (Wildman–Crippen MR) is 89.1 cm³/mol. The predicted octanol–water partition coefficient (Wildman–Crippen LogP) is 5.28. The number of hydrogen-bond donors (Lipinski definition) is 0. The van der Waals surface area contributed by atoms with Crippen LogP contribution < -0.4 is 0 Å². The molecule has 1 fully saturated rings. The molecule has 2 unspecified atom stereocenters. The Kier molecular flexibility index (Phi) is 4.51. The van der Waals surface area contributed by atoms with Crippen LogP contribution in [0, 0.1) is 10.8 Å². The molecule has 2 rings (SSSR count). The summed E-state index contributed by atoms with van der Waals surface area (Å²) in [4.78, 5) is 0. The normalized spacial score (nSPS) is 33.2. The zero-order chi connectivity index (χ0) is 14.8. The van der Waals surface area contributed by atoms with Crippen LogP contribution in [0.1, 0.15) is 47.0 Å². The Balaban J connectivity index is 2.16. The van der Waals surface area contributed by atoms with Gasteiger partial charge in [0.05, 0.1) is 12.4 Å². The molecule has 0 spiro atoms. The third-order valence-corrected chi connectivity index (χ3v) is 4.67. The summed E-state index contributed by atoms with van der Waals surface area (Å²) < 4.78 is 5.83. The van der Waals surface area contributed by atoms with Gasteiger partial charge in [-0.25, -0.2) is 0 Å². The summed E-state index contributed by atoms with van der Waals surface area (Å²) in [6.07, 6.45) is 10.9. The van der Waals surface area contributed by atoms with Gasteiger partial charge in [-0.1, -0.05) is 56.8 Å². The van der Waals surface area contributed by atoms with Gasteiger partial charge >= 0.3 is 0 Å². The Bertz CT molecular complexity index is 437. The maximum absolute atomic E-state index is 5.83. The van der Waals surface area contributed by atoms with Gasteiger partial charge in [-0.05, 0) is 37.5 Å². The molecule has 20 heavy (non-hydrogen) atoms. The number of allylic oxidation sites excluding steroid dienone is 3. The van der Waals surface area contributed by atoms with Crippen molar-refractivity contribution >= 4 is 6.71 Å². The second kappa shape index (κ2) is 5.83. The second-order valence-electron chi connectivity index (χ2n) is 7.62. The molecule has 1 aliphatic carbocycles. The maximum atomic E-state index is 5.83. The van der Waals surface area contributed by atoms with Crippen LogP contribution in [0.5, 0.6) is 0 Å². The van der Waals surface area contributed by atoms with E-state index < -0.39 is 0 Å². The lowest BCUT2D eigenvalue weighted by atomic mass is 9.31. The minimum Gasteiger partial charge on any atom is -0.499 e. The second-order valence-corrected chi connectivity index (χ2v) is 7.62. The van der Waals surface area contributed by atoms with Crippen molar-refractivity contribution in [1.29, 1.82) is 0 Å². The van der Waals surface area contributed by atoms with Crippen molar-refractivity contribution in [3.63, 3.8) is 0 Å². The Hall–Kier alpha value is -0.915. The molecule has 1 aliphatic heterocycles. The fourth-order valence-electron chi connectivity index (χ4n) is 4.36. The molecule has 0 radical (unpaired) electrons. The molecule has 0 saturated carbocycles. The molecule has 1 nitrogen and oxygen atoms in total. The van der Waals surface area contributed by atoms with Gasteiger partial charge in [-0.2, -0.15) is 0 Å². The Labute approximate surface area is 125 Å². The fourth-order valence-corrected chi connectivity index (χ4v) is 4.36. The molecular weight excluding hydrogens is 243 g/mol. The molecule has 2 aliphatic rings. The molecule has 1 saturated heterocycles. The Morgan fingerprint density at radius 3 is 2.75 bits per heavy atom. The van der Waals surface area contributed by atoms with Gasteiger partial charge in [0.25, 0.3) is 0 Å². The van der Waals surface area contributed by atoms with E-state index in [1.54, 1.807) is 0 Å². The van der Waals surface area contributed by atoms with Crippen molar-refractivity contribution in [2.45, 2.75) is 59.6 Å². The lowest BCUT2D eigenvalue weighted by molar-refractivity contribution is 0.202. The molecule has 0 aromatic rings. The first-order chi connectivity index (χ1) is 9.34. The van der Waals surface area contributed by atoms with Crippen molar-refractivity contribution in [2.24, 2.45) is 10.8 Å². The van der Waals surface area contributed by atoms with Crippen LogP contribution in [0.2, 0.25) is 12.6 Å². The zero-order valence-corrected chi connectivity index (χ0v) is 13.7. The van der Waals surface area contributed by atoms with E-state index in [9.17, 15) is 0 Å². The highest BCUT2D eigenvalue weighted by Crippen LogP contribution is 2.53. The van der Waals surface area contributed by atoms with E-state index in [2.05, 4.69) is 52.4 Å². The smallest absolute Gasteiger partial charge is 0.172 e. The maximum Gasteiger partial charge on any atom is 0.172 e. The van der Waals surface area contributed by atoms with E-state index in [0.717, 1.165) is 18.8 Å². The molecule has 0 aromatic carbocycles. The van der Waals surface area contributed by atoms with Gasteiger partial charge in [0, 0.05) is 6.42 Å². The lowest BCUT2D eigenvalue weighted by Gasteiger charge is -2.48. The molecule has 2 bridgehead atoms. The first kappa shape index (κ1) is 15.5. The van der Waals surface area contributed by atoms with Gasteiger partial charge in [0.15, 0.2) is 6.71 Å². The fraction of sp³-hybridized carbons (Fsp3) is 0.667. The quantitative estimate of drug-likeness (QED) is 0.375. The van der Waals surface area contributed by atoms with Crippen molar-refractivity contribution in [2.75, 3.05) is 6.61 Å². The third kappa shape index (κ3) is 3.80.